The van der Waals surface area contributed by atoms with E-state index in [2.05, 4.69) is 36.4 Å². The van der Waals surface area contributed by atoms with E-state index >= 15 is 0 Å². The first-order chi connectivity index (χ1) is 10.2. The molecule has 2 aromatic heterocycles. The van der Waals surface area contributed by atoms with Crippen molar-refractivity contribution in [1.29, 1.82) is 0 Å². The highest BCUT2D eigenvalue weighted by Gasteiger charge is 2.11. The molecule has 0 radical (unpaired) electrons. The Kier molecular flexibility index (Phi) is 3.76. The highest BCUT2D eigenvalue weighted by atomic mass is 79.9. The molecule has 0 spiro atoms. The first kappa shape index (κ1) is 13.8. The molecule has 9 heteroatoms. The normalized spacial score (nSPS) is 11.0. The molecule has 2 N–H and O–H groups in total. The minimum atomic E-state index is -0.348. The van der Waals surface area contributed by atoms with Crippen molar-refractivity contribution in [2.24, 2.45) is 5.73 Å². The van der Waals surface area contributed by atoms with E-state index in [9.17, 15) is 4.39 Å². The second-order valence-electron chi connectivity index (χ2n) is 4.25. The standard InChI is InChI=1S/C12H10BrFN6O/c13-9-3-7(1-2-10(9)14)12-16-11(21-18-12)6-20-5-8(4-15)17-19-20/h1-3,5H,4,6,15H2. The quantitative estimate of drug-likeness (QED) is 0.768. The maximum Gasteiger partial charge on any atom is 0.248 e. The van der Waals surface area contributed by atoms with Crippen molar-refractivity contribution in [1.82, 2.24) is 25.1 Å². The minimum Gasteiger partial charge on any atom is -0.337 e. The summed E-state index contributed by atoms with van der Waals surface area (Å²) in [4.78, 5) is 4.24. The Morgan fingerprint density at radius 2 is 2.24 bits per heavy atom. The number of halogens is 2. The van der Waals surface area contributed by atoms with Crippen LogP contribution in [-0.4, -0.2) is 25.1 Å². The molecule has 0 unspecified atom stereocenters. The number of nitrogens with zero attached hydrogens (tertiary/aromatic N) is 5. The van der Waals surface area contributed by atoms with Gasteiger partial charge in [0.2, 0.25) is 11.7 Å². The lowest BCUT2D eigenvalue weighted by Gasteiger charge is -1.96. The van der Waals surface area contributed by atoms with Crippen molar-refractivity contribution < 1.29 is 8.91 Å². The highest BCUT2D eigenvalue weighted by molar-refractivity contribution is 9.10. The monoisotopic (exact) mass is 352 g/mol. The van der Waals surface area contributed by atoms with E-state index in [1.165, 1.54) is 6.07 Å². The lowest BCUT2D eigenvalue weighted by molar-refractivity contribution is 0.364. The van der Waals surface area contributed by atoms with E-state index in [0.717, 1.165) is 0 Å². The van der Waals surface area contributed by atoms with Crippen LogP contribution in [0.25, 0.3) is 11.4 Å². The molecule has 0 amide bonds. The van der Waals surface area contributed by atoms with E-state index in [1.807, 2.05) is 0 Å². The summed E-state index contributed by atoms with van der Waals surface area (Å²) in [7, 11) is 0. The number of hydrogen-bond donors (Lipinski definition) is 1. The fraction of sp³-hybridized carbons (Fsp3) is 0.167. The van der Waals surface area contributed by atoms with Crippen molar-refractivity contribution in [3.8, 4) is 11.4 Å². The van der Waals surface area contributed by atoms with Gasteiger partial charge in [0.05, 0.1) is 16.4 Å². The lowest BCUT2D eigenvalue weighted by Crippen LogP contribution is -2.00. The molecule has 21 heavy (non-hydrogen) atoms. The van der Waals surface area contributed by atoms with E-state index in [0.29, 0.717) is 40.5 Å². The Balaban J connectivity index is 1.80. The van der Waals surface area contributed by atoms with Crippen LogP contribution in [0, 0.1) is 5.82 Å². The fourth-order valence-electron chi connectivity index (χ4n) is 1.72. The first-order valence-electron chi connectivity index (χ1n) is 6.03. The Hall–Kier alpha value is -2.13. The van der Waals surface area contributed by atoms with Crippen molar-refractivity contribution >= 4 is 15.9 Å². The van der Waals surface area contributed by atoms with Crippen LogP contribution in [-0.2, 0) is 13.1 Å². The highest BCUT2D eigenvalue weighted by Crippen LogP contribution is 2.23. The number of hydrogen-bond acceptors (Lipinski definition) is 6. The summed E-state index contributed by atoms with van der Waals surface area (Å²) >= 11 is 3.12. The van der Waals surface area contributed by atoms with Crippen molar-refractivity contribution in [3.05, 3.63) is 46.3 Å². The molecular formula is C12H10BrFN6O. The van der Waals surface area contributed by atoms with Crippen LogP contribution in [0.1, 0.15) is 11.6 Å². The van der Waals surface area contributed by atoms with Crippen LogP contribution < -0.4 is 5.73 Å². The molecular weight excluding hydrogens is 343 g/mol. The largest absolute Gasteiger partial charge is 0.337 e. The summed E-state index contributed by atoms with van der Waals surface area (Å²) in [6.45, 7) is 0.612. The molecule has 0 fully saturated rings. The second kappa shape index (κ2) is 5.70. The van der Waals surface area contributed by atoms with Crippen LogP contribution in [0.5, 0.6) is 0 Å². The predicted molar refractivity (Wildman–Crippen MR) is 74.4 cm³/mol. The average Bonchev–Trinajstić information content (AvgIpc) is 3.11. The summed E-state index contributed by atoms with van der Waals surface area (Å²) in [5.41, 5.74) is 6.79. The van der Waals surface area contributed by atoms with Crippen LogP contribution in [0.15, 0.2) is 33.4 Å². The summed E-state index contributed by atoms with van der Waals surface area (Å²) < 4.78 is 20.2. The summed E-state index contributed by atoms with van der Waals surface area (Å²) in [6.07, 6.45) is 1.71. The number of benzene rings is 1. The zero-order valence-corrected chi connectivity index (χ0v) is 12.3. The van der Waals surface area contributed by atoms with E-state index in [4.69, 9.17) is 10.3 Å². The van der Waals surface area contributed by atoms with Crippen LogP contribution in [0.3, 0.4) is 0 Å². The Morgan fingerprint density at radius 1 is 1.38 bits per heavy atom. The molecule has 108 valence electrons. The average molecular weight is 353 g/mol. The third-order valence-corrected chi connectivity index (χ3v) is 3.35. The van der Waals surface area contributed by atoms with Crippen molar-refractivity contribution in [3.63, 3.8) is 0 Å². The lowest BCUT2D eigenvalue weighted by atomic mass is 10.2. The summed E-state index contributed by atoms with van der Waals surface area (Å²) in [5.74, 6) is 0.406. The molecule has 2 heterocycles. The molecule has 0 aliphatic rings. The van der Waals surface area contributed by atoms with Gasteiger partial charge in [0.1, 0.15) is 12.4 Å². The van der Waals surface area contributed by atoms with Gasteiger partial charge < -0.3 is 10.3 Å². The molecule has 0 aliphatic carbocycles. The van der Waals surface area contributed by atoms with Gasteiger partial charge in [0.15, 0.2) is 0 Å². The zero-order chi connectivity index (χ0) is 14.8. The topological polar surface area (TPSA) is 95.7 Å². The molecule has 0 saturated heterocycles. The van der Waals surface area contributed by atoms with Gasteiger partial charge in [-0.2, -0.15) is 4.98 Å². The summed E-state index contributed by atoms with van der Waals surface area (Å²) in [6, 6.07) is 4.50. The summed E-state index contributed by atoms with van der Waals surface area (Å²) in [5, 5.41) is 11.6. The Morgan fingerprint density at radius 3 is 2.95 bits per heavy atom. The first-order valence-corrected chi connectivity index (χ1v) is 6.82. The number of nitrogens with two attached hydrogens (primary N) is 1. The predicted octanol–water partition coefficient (Wildman–Crippen LogP) is 1.74. The van der Waals surface area contributed by atoms with Crippen molar-refractivity contribution in [2.45, 2.75) is 13.1 Å². The van der Waals surface area contributed by atoms with E-state index in [1.54, 1.807) is 23.0 Å². The third-order valence-electron chi connectivity index (χ3n) is 2.74. The van der Waals surface area contributed by atoms with Crippen molar-refractivity contribution in [2.75, 3.05) is 0 Å². The van der Waals surface area contributed by atoms with Gasteiger partial charge in [-0.15, -0.1) is 5.10 Å². The van der Waals surface area contributed by atoms with Gasteiger partial charge in [-0.25, -0.2) is 9.07 Å². The molecule has 0 atom stereocenters. The SMILES string of the molecule is NCc1cn(Cc2nc(-c3ccc(F)c(Br)c3)no2)nn1. The Labute approximate surface area is 127 Å². The second-order valence-corrected chi connectivity index (χ2v) is 5.11. The molecule has 1 aromatic carbocycles. The van der Waals surface area contributed by atoms with E-state index < -0.39 is 0 Å². The maximum atomic E-state index is 13.2. The molecule has 3 aromatic rings. The van der Waals surface area contributed by atoms with Crippen LogP contribution in [0.4, 0.5) is 4.39 Å². The Bertz CT molecular complexity index is 771. The molecule has 0 aliphatic heterocycles. The van der Waals surface area contributed by atoms with Gasteiger partial charge in [0.25, 0.3) is 0 Å². The number of aromatic nitrogens is 5. The van der Waals surface area contributed by atoms with Crippen LogP contribution in [0.2, 0.25) is 0 Å². The molecule has 7 nitrogen and oxygen atoms in total. The van der Waals surface area contributed by atoms with Gasteiger partial charge in [-0.05, 0) is 34.1 Å². The molecule has 0 saturated carbocycles. The minimum absolute atomic E-state index is 0.294. The van der Waals surface area contributed by atoms with Gasteiger partial charge >= 0.3 is 0 Å². The van der Waals surface area contributed by atoms with Gasteiger partial charge in [0, 0.05) is 12.1 Å². The molecule has 3 rings (SSSR count). The third kappa shape index (κ3) is 2.98. The fourth-order valence-corrected chi connectivity index (χ4v) is 2.10. The smallest absolute Gasteiger partial charge is 0.248 e. The molecule has 0 bridgehead atoms. The van der Waals surface area contributed by atoms with Gasteiger partial charge in [-0.1, -0.05) is 10.4 Å². The van der Waals surface area contributed by atoms with E-state index in [-0.39, 0.29) is 5.82 Å². The zero-order valence-electron chi connectivity index (χ0n) is 10.7. The number of rotatable bonds is 4. The van der Waals surface area contributed by atoms with Crippen LogP contribution >= 0.6 is 15.9 Å². The van der Waals surface area contributed by atoms with Gasteiger partial charge in [-0.3, -0.25) is 0 Å². The maximum absolute atomic E-state index is 13.2.